The highest BCUT2D eigenvalue weighted by atomic mass is 16.8. The number of aliphatic hydroxyl groups is 8. The van der Waals surface area contributed by atoms with E-state index in [4.69, 9.17) is 28.4 Å². The third-order valence-corrected chi connectivity index (χ3v) is 18.0. The van der Waals surface area contributed by atoms with E-state index in [9.17, 15) is 40.9 Å². The minimum atomic E-state index is -1.66. The standard InChI is InChI=1S/C43H70O14/c1-20(2)16-23-30(47)28(36(52-7)54-23)22-10-12-41(6)26-9-8-25-39(4,19-45)27(11-13-42(25)18-43(26,42)15-14-40(22,41)5)56-38-35(33(50)31(48)24(17-44)55-38)57-37-34(51)32(49)29(46)21(3)53-37/h16,21-38,44-51H,8-15,17-19H2,1-7H3/t21-,22+,23+,24+,25-,26-,27-,28-,29-,30-,31+,32+,33-,34+,35+,36-,37-,38-,39+,40+,41-,42+,43-/m0/s1. The molecule has 0 bridgehead atoms. The third-order valence-electron chi connectivity index (χ3n) is 18.0. The molecule has 326 valence electrons. The van der Waals surface area contributed by atoms with Crippen molar-refractivity contribution in [2.75, 3.05) is 20.3 Å². The van der Waals surface area contributed by atoms with Crippen LogP contribution in [-0.2, 0) is 28.4 Å². The van der Waals surface area contributed by atoms with Crippen molar-refractivity contribution in [2.45, 2.75) is 185 Å². The highest BCUT2D eigenvalue weighted by molar-refractivity contribution is 5.31. The molecule has 23 atom stereocenters. The predicted octanol–water partition coefficient (Wildman–Crippen LogP) is 1.75. The molecule has 5 saturated carbocycles. The number of methoxy groups -OCH3 is 1. The fraction of sp³-hybridized carbons (Fsp3) is 0.953. The second-order valence-corrected chi connectivity index (χ2v) is 20.5. The van der Waals surface area contributed by atoms with Gasteiger partial charge in [0.1, 0.15) is 48.8 Å². The smallest absolute Gasteiger partial charge is 0.187 e. The molecule has 0 aromatic carbocycles. The van der Waals surface area contributed by atoms with Crippen LogP contribution in [0.4, 0.5) is 0 Å². The van der Waals surface area contributed by atoms with E-state index in [1.54, 1.807) is 7.11 Å². The molecular formula is C43H70O14. The summed E-state index contributed by atoms with van der Waals surface area (Å²) in [5.41, 5.74) is 0.650. The average Bonchev–Trinajstić information content (AvgIpc) is 3.65. The van der Waals surface area contributed by atoms with E-state index in [2.05, 4.69) is 20.8 Å². The number of ether oxygens (including phenoxy) is 6. The monoisotopic (exact) mass is 810 g/mol. The van der Waals surface area contributed by atoms with Gasteiger partial charge in [-0.25, -0.2) is 0 Å². The van der Waals surface area contributed by atoms with Crippen LogP contribution in [0.25, 0.3) is 0 Å². The lowest BCUT2D eigenvalue weighted by atomic mass is 9.41. The first kappa shape index (κ1) is 42.9. The lowest BCUT2D eigenvalue weighted by molar-refractivity contribution is -0.376. The van der Waals surface area contributed by atoms with Gasteiger partial charge in [-0.15, -0.1) is 0 Å². The highest BCUT2D eigenvalue weighted by Crippen LogP contribution is 2.89. The Morgan fingerprint density at radius 1 is 0.684 bits per heavy atom. The van der Waals surface area contributed by atoms with Crippen LogP contribution < -0.4 is 0 Å². The van der Waals surface area contributed by atoms with Gasteiger partial charge in [-0.3, -0.25) is 0 Å². The van der Waals surface area contributed by atoms with Crippen LogP contribution in [-0.4, -0.2) is 147 Å². The Morgan fingerprint density at radius 3 is 2.05 bits per heavy atom. The summed E-state index contributed by atoms with van der Waals surface area (Å²) in [4.78, 5) is 0. The lowest BCUT2D eigenvalue weighted by Gasteiger charge is -2.64. The fourth-order valence-electron chi connectivity index (χ4n) is 14.8. The SMILES string of the molecule is CO[C@H]1O[C@H](C=C(C)C)[C@H](O)[C@@H]1[C@H]1CC[C@@]2(C)[C@@H]3CC[C@H]4[C@@](C)(CO)[C@@H](O[C@@H]5O[C@H](CO)[C@@H](O)[C@H](O)[C@H]5O[C@@H]5O[C@@H](C)[C@H](O)[C@@H](O)[C@H]5O)CC[C@@]45C[C@@]35CC[C@]12C. The molecule has 0 aromatic heterocycles. The number of hydrogen-bond acceptors (Lipinski definition) is 14. The van der Waals surface area contributed by atoms with Crippen LogP contribution >= 0.6 is 0 Å². The molecule has 0 radical (unpaired) electrons. The van der Waals surface area contributed by atoms with Gasteiger partial charge in [0.05, 0.1) is 31.5 Å². The largest absolute Gasteiger partial charge is 0.396 e. The number of allylic oxidation sites excluding steroid dienone is 1. The van der Waals surface area contributed by atoms with Crippen LogP contribution in [0, 0.1) is 50.7 Å². The minimum absolute atomic E-state index is 0.00465. The fourth-order valence-corrected chi connectivity index (χ4v) is 14.8. The molecule has 3 heterocycles. The van der Waals surface area contributed by atoms with Crippen LogP contribution in [0.3, 0.4) is 0 Å². The summed E-state index contributed by atoms with van der Waals surface area (Å²) in [5, 5.41) is 86.8. The average molecular weight is 811 g/mol. The van der Waals surface area contributed by atoms with Gasteiger partial charge in [-0.2, -0.15) is 0 Å². The molecule has 8 N–H and O–H groups in total. The van der Waals surface area contributed by atoms with E-state index < -0.39 is 91.9 Å². The lowest BCUT2D eigenvalue weighted by Crippen LogP contribution is -2.65. The first-order chi connectivity index (χ1) is 26.9. The van der Waals surface area contributed by atoms with E-state index in [1.165, 1.54) is 6.92 Å². The minimum Gasteiger partial charge on any atom is -0.396 e. The molecule has 57 heavy (non-hydrogen) atoms. The molecule has 14 nitrogen and oxygen atoms in total. The van der Waals surface area contributed by atoms with Gasteiger partial charge in [0.25, 0.3) is 0 Å². The van der Waals surface area contributed by atoms with Crippen molar-refractivity contribution in [3.63, 3.8) is 0 Å². The Morgan fingerprint density at radius 2 is 1.39 bits per heavy atom. The maximum absolute atomic E-state index is 11.7. The van der Waals surface area contributed by atoms with Gasteiger partial charge >= 0.3 is 0 Å². The van der Waals surface area contributed by atoms with Gasteiger partial charge in [-0.1, -0.05) is 32.4 Å². The zero-order chi connectivity index (χ0) is 41.2. The second-order valence-electron chi connectivity index (χ2n) is 20.5. The normalized spacial score (nSPS) is 58.3. The summed E-state index contributed by atoms with van der Waals surface area (Å²) in [6.07, 6.45) is -5.22. The van der Waals surface area contributed by atoms with Crippen LogP contribution in [0.15, 0.2) is 11.6 Å². The van der Waals surface area contributed by atoms with Gasteiger partial charge in [-0.05, 0) is 118 Å². The van der Waals surface area contributed by atoms with Gasteiger partial charge in [0, 0.05) is 18.4 Å². The molecule has 0 amide bonds. The van der Waals surface area contributed by atoms with E-state index in [0.29, 0.717) is 12.3 Å². The number of aliphatic hydroxyl groups excluding tert-OH is 8. The quantitative estimate of drug-likeness (QED) is 0.123. The number of rotatable bonds is 9. The Hall–Kier alpha value is -0.820. The summed E-state index contributed by atoms with van der Waals surface area (Å²) in [6, 6.07) is 0. The molecule has 0 aromatic rings. The molecule has 14 heteroatoms. The van der Waals surface area contributed by atoms with E-state index >= 15 is 0 Å². The zero-order valence-electron chi connectivity index (χ0n) is 34.8. The maximum Gasteiger partial charge on any atom is 0.187 e. The third kappa shape index (κ3) is 6.08. The first-order valence-electron chi connectivity index (χ1n) is 21.6. The summed E-state index contributed by atoms with van der Waals surface area (Å²) >= 11 is 0. The Bertz CT molecular complexity index is 1510. The molecule has 8 rings (SSSR count). The van der Waals surface area contributed by atoms with E-state index in [-0.39, 0.29) is 52.1 Å². The zero-order valence-corrected chi connectivity index (χ0v) is 34.8. The summed E-state index contributed by atoms with van der Waals surface area (Å²) in [5.74, 6) is 0.794. The summed E-state index contributed by atoms with van der Waals surface area (Å²) in [6.45, 7) is 11.9. The Balaban J connectivity index is 1.03. The molecule has 0 unspecified atom stereocenters. The number of fused-ring (bicyclic) bond motifs is 2. The predicted molar refractivity (Wildman–Crippen MR) is 203 cm³/mol. The second kappa shape index (κ2) is 14.9. The van der Waals surface area contributed by atoms with Crippen molar-refractivity contribution in [3.05, 3.63) is 11.6 Å². The van der Waals surface area contributed by atoms with Crippen molar-refractivity contribution < 1.29 is 69.3 Å². The Kier molecular flexibility index (Phi) is 11.2. The maximum atomic E-state index is 11.7. The molecule has 8 aliphatic rings. The van der Waals surface area contributed by atoms with Crippen LogP contribution in [0.1, 0.15) is 99.3 Å². The van der Waals surface area contributed by atoms with Crippen LogP contribution in [0.5, 0.6) is 0 Å². The number of hydrogen-bond donors (Lipinski definition) is 8. The van der Waals surface area contributed by atoms with E-state index in [1.807, 2.05) is 19.9 Å². The van der Waals surface area contributed by atoms with E-state index in [0.717, 1.165) is 56.9 Å². The van der Waals surface area contributed by atoms with Crippen molar-refractivity contribution in [2.24, 2.45) is 50.7 Å². The molecule has 8 fully saturated rings. The van der Waals surface area contributed by atoms with Crippen LogP contribution in [0.2, 0.25) is 0 Å². The van der Waals surface area contributed by atoms with Gasteiger partial charge in [0.2, 0.25) is 0 Å². The summed E-state index contributed by atoms with van der Waals surface area (Å²) in [7, 11) is 1.69. The van der Waals surface area contributed by atoms with Crippen molar-refractivity contribution >= 4 is 0 Å². The topological polar surface area (TPSA) is 217 Å². The molecule has 3 aliphatic heterocycles. The van der Waals surface area contributed by atoms with Gasteiger partial charge < -0.3 is 69.3 Å². The summed E-state index contributed by atoms with van der Waals surface area (Å²) < 4.78 is 36.8. The molecule has 2 spiro atoms. The molecule has 5 aliphatic carbocycles. The molecular weight excluding hydrogens is 740 g/mol. The van der Waals surface area contributed by atoms with Crippen molar-refractivity contribution in [1.82, 2.24) is 0 Å². The Labute approximate surface area is 336 Å². The first-order valence-corrected chi connectivity index (χ1v) is 21.6. The van der Waals surface area contributed by atoms with Crippen molar-refractivity contribution in [3.8, 4) is 0 Å². The van der Waals surface area contributed by atoms with Gasteiger partial charge in [0.15, 0.2) is 18.9 Å². The van der Waals surface area contributed by atoms with Crippen molar-refractivity contribution in [1.29, 1.82) is 0 Å². The molecule has 3 saturated heterocycles. The highest BCUT2D eigenvalue weighted by Gasteiger charge is 2.83.